The van der Waals surface area contributed by atoms with Crippen LogP contribution in [0, 0.1) is 13.8 Å². The summed E-state index contributed by atoms with van der Waals surface area (Å²) in [6.45, 7) is 5.70. The smallest absolute Gasteiger partial charge is 0.272 e. The minimum atomic E-state index is -0.183. The van der Waals surface area contributed by atoms with Gasteiger partial charge in [0.25, 0.3) is 5.91 Å². The number of morpholine rings is 1. The Morgan fingerprint density at radius 1 is 1.46 bits per heavy atom. The summed E-state index contributed by atoms with van der Waals surface area (Å²) in [6, 6.07) is 2.04. The molecule has 2 aromatic heterocycles. The summed E-state index contributed by atoms with van der Waals surface area (Å²) in [5.74, 6) is -0.183. The minimum Gasteiger partial charge on any atom is -0.373 e. The number of carbonyl (C=O) groups excluding carboxylic acids is 1. The summed E-state index contributed by atoms with van der Waals surface area (Å²) in [5, 5.41) is 14.1. The highest BCUT2D eigenvalue weighted by molar-refractivity contribution is 5.93. The van der Waals surface area contributed by atoms with E-state index in [-0.39, 0.29) is 18.1 Å². The number of ether oxygens (including phenoxy) is 1. The van der Waals surface area contributed by atoms with E-state index in [1.54, 1.807) is 6.20 Å². The van der Waals surface area contributed by atoms with Gasteiger partial charge < -0.3 is 10.1 Å². The van der Waals surface area contributed by atoms with Crippen LogP contribution in [0.15, 0.2) is 12.3 Å². The van der Waals surface area contributed by atoms with E-state index in [9.17, 15) is 4.79 Å². The third-order valence-electron chi connectivity index (χ3n) is 4.70. The first kappa shape index (κ1) is 16.7. The molecule has 0 bridgehead atoms. The number of likely N-dealkylation sites (N-methyl/N-ethyl adjacent to an activating group) is 1. The molecule has 0 aliphatic carbocycles. The number of aromatic nitrogens is 4. The van der Waals surface area contributed by atoms with E-state index in [0.29, 0.717) is 18.8 Å². The molecule has 3 rings (SSSR count). The van der Waals surface area contributed by atoms with Gasteiger partial charge in [0.05, 0.1) is 24.4 Å². The summed E-state index contributed by atoms with van der Waals surface area (Å²) in [5.41, 5.74) is 3.29. The molecular formula is C16H24N6O2. The molecule has 1 fully saturated rings. The van der Waals surface area contributed by atoms with Crippen LogP contribution in [0.2, 0.25) is 0 Å². The van der Waals surface area contributed by atoms with Crippen LogP contribution in [0.3, 0.4) is 0 Å². The molecule has 130 valence electrons. The van der Waals surface area contributed by atoms with Gasteiger partial charge in [-0.25, -0.2) is 0 Å². The molecule has 1 aliphatic rings. The SMILES string of the molecule is Cc1[nH]nc(C(=O)NC[C@@H]2OCCN(C)[C@H]2c2ccnn2C)c1C. The average Bonchev–Trinajstić information content (AvgIpc) is 3.12. The number of aryl methyl sites for hydroxylation is 2. The van der Waals surface area contributed by atoms with Crippen LogP contribution in [0.4, 0.5) is 0 Å². The molecule has 0 unspecified atom stereocenters. The lowest BCUT2D eigenvalue weighted by molar-refractivity contribution is -0.0629. The molecule has 0 radical (unpaired) electrons. The van der Waals surface area contributed by atoms with E-state index in [1.807, 2.05) is 31.6 Å². The number of aromatic amines is 1. The fraction of sp³-hybridized carbons (Fsp3) is 0.562. The first-order chi connectivity index (χ1) is 11.5. The molecule has 3 heterocycles. The van der Waals surface area contributed by atoms with Crippen molar-refractivity contribution in [3.63, 3.8) is 0 Å². The topological polar surface area (TPSA) is 88.1 Å². The molecule has 1 aliphatic heterocycles. The number of H-pyrrole nitrogens is 1. The predicted octanol–water partition coefficient (Wildman–Crippen LogP) is 0.562. The first-order valence-electron chi connectivity index (χ1n) is 8.08. The lowest BCUT2D eigenvalue weighted by atomic mass is 10.0. The number of amides is 1. The number of hydrogen-bond donors (Lipinski definition) is 2. The molecule has 8 heteroatoms. The maximum atomic E-state index is 12.4. The number of nitrogens with zero attached hydrogens (tertiary/aromatic N) is 4. The molecule has 1 amide bonds. The van der Waals surface area contributed by atoms with Crippen LogP contribution >= 0.6 is 0 Å². The zero-order valence-corrected chi connectivity index (χ0v) is 14.5. The van der Waals surface area contributed by atoms with Crippen molar-refractivity contribution >= 4 is 5.91 Å². The molecule has 0 saturated carbocycles. The highest BCUT2D eigenvalue weighted by Crippen LogP contribution is 2.27. The van der Waals surface area contributed by atoms with Gasteiger partial charge >= 0.3 is 0 Å². The van der Waals surface area contributed by atoms with Crippen molar-refractivity contribution in [1.29, 1.82) is 0 Å². The lowest BCUT2D eigenvalue weighted by Gasteiger charge is -2.39. The summed E-state index contributed by atoms with van der Waals surface area (Å²) in [7, 11) is 3.99. The largest absolute Gasteiger partial charge is 0.373 e. The van der Waals surface area contributed by atoms with E-state index in [1.165, 1.54) is 0 Å². The minimum absolute atomic E-state index is 0.0496. The van der Waals surface area contributed by atoms with Crippen molar-refractivity contribution in [3.8, 4) is 0 Å². The van der Waals surface area contributed by atoms with Gasteiger partial charge in [0.2, 0.25) is 0 Å². The van der Waals surface area contributed by atoms with E-state index in [2.05, 4.69) is 32.6 Å². The Morgan fingerprint density at radius 2 is 2.25 bits per heavy atom. The normalized spacial score (nSPS) is 21.8. The van der Waals surface area contributed by atoms with Crippen LogP contribution < -0.4 is 5.32 Å². The summed E-state index contributed by atoms with van der Waals surface area (Å²) < 4.78 is 7.79. The van der Waals surface area contributed by atoms with Gasteiger partial charge in [0.15, 0.2) is 5.69 Å². The molecule has 24 heavy (non-hydrogen) atoms. The molecule has 2 N–H and O–H groups in total. The van der Waals surface area contributed by atoms with Gasteiger partial charge in [0.1, 0.15) is 0 Å². The van der Waals surface area contributed by atoms with Crippen LogP contribution in [-0.2, 0) is 11.8 Å². The highest BCUT2D eigenvalue weighted by Gasteiger charge is 2.33. The van der Waals surface area contributed by atoms with Crippen molar-refractivity contribution in [2.45, 2.75) is 26.0 Å². The number of carbonyl (C=O) groups is 1. The highest BCUT2D eigenvalue weighted by atomic mass is 16.5. The maximum Gasteiger partial charge on any atom is 0.272 e. The van der Waals surface area contributed by atoms with Crippen molar-refractivity contribution in [2.24, 2.45) is 7.05 Å². The second kappa shape index (κ2) is 6.74. The molecule has 8 nitrogen and oxygen atoms in total. The van der Waals surface area contributed by atoms with E-state index in [4.69, 9.17) is 4.74 Å². The monoisotopic (exact) mass is 332 g/mol. The average molecular weight is 332 g/mol. The third kappa shape index (κ3) is 3.07. The van der Waals surface area contributed by atoms with Gasteiger partial charge in [-0.3, -0.25) is 19.5 Å². The van der Waals surface area contributed by atoms with Gasteiger partial charge in [-0.15, -0.1) is 0 Å². The maximum absolute atomic E-state index is 12.4. The quantitative estimate of drug-likeness (QED) is 0.854. The molecule has 2 atom stereocenters. The zero-order chi connectivity index (χ0) is 17.3. The van der Waals surface area contributed by atoms with Crippen LogP contribution in [-0.4, -0.2) is 63.6 Å². The Bertz CT molecular complexity index is 722. The second-order valence-electron chi connectivity index (χ2n) is 6.25. The standard InChI is InChI=1S/C16H24N6O2/c1-10-11(2)19-20-14(10)16(23)17-9-13-15(21(3)7-8-24-13)12-5-6-18-22(12)4/h5-6,13,15H,7-9H2,1-4H3,(H,17,23)(H,19,20)/t13-,15-/m0/s1. The van der Waals surface area contributed by atoms with Crippen molar-refractivity contribution in [2.75, 3.05) is 26.7 Å². The van der Waals surface area contributed by atoms with Crippen LogP contribution in [0.1, 0.15) is 33.5 Å². The van der Waals surface area contributed by atoms with Gasteiger partial charge in [-0.2, -0.15) is 10.2 Å². The fourth-order valence-corrected chi connectivity index (χ4v) is 3.11. The van der Waals surface area contributed by atoms with Gasteiger partial charge in [0, 0.05) is 37.6 Å². The van der Waals surface area contributed by atoms with Crippen molar-refractivity contribution < 1.29 is 9.53 Å². The first-order valence-corrected chi connectivity index (χ1v) is 8.08. The van der Waals surface area contributed by atoms with E-state index >= 15 is 0 Å². The van der Waals surface area contributed by atoms with Gasteiger partial charge in [-0.1, -0.05) is 0 Å². The third-order valence-corrected chi connectivity index (χ3v) is 4.70. The summed E-state index contributed by atoms with van der Waals surface area (Å²) in [6.07, 6.45) is 1.65. The number of rotatable bonds is 4. The lowest BCUT2D eigenvalue weighted by Crippen LogP contribution is -2.49. The fourth-order valence-electron chi connectivity index (χ4n) is 3.11. The molecule has 2 aromatic rings. The molecular weight excluding hydrogens is 308 g/mol. The Hall–Kier alpha value is -2.19. The van der Waals surface area contributed by atoms with Crippen molar-refractivity contribution in [1.82, 2.24) is 30.2 Å². The summed E-state index contributed by atoms with van der Waals surface area (Å²) >= 11 is 0. The molecule has 0 spiro atoms. The Kier molecular flexibility index (Phi) is 4.68. The molecule has 0 aromatic carbocycles. The molecule has 1 saturated heterocycles. The second-order valence-corrected chi connectivity index (χ2v) is 6.25. The number of hydrogen-bond acceptors (Lipinski definition) is 5. The Morgan fingerprint density at radius 3 is 2.88 bits per heavy atom. The van der Waals surface area contributed by atoms with E-state index < -0.39 is 0 Å². The predicted molar refractivity (Wildman–Crippen MR) is 88.7 cm³/mol. The van der Waals surface area contributed by atoms with E-state index in [0.717, 1.165) is 23.5 Å². The van der Waals surface area contributed by atoms with Crippen LogP contribution in [0.5, 0.6) is 0 Å². The Labute approximate surface area is 141 Å². The summed E-state index contributed by atoms with van der Waals surface area (Å²) in [4.78, 5) is 14.6. The van der Waals surface area contributed by atoms with Crippen LogP contribution in [0.25, 0.3) is 0 Å². The zero-order valence-electron chi connectivity index (χ0n) is 14.5. The Balaban J connectivity index is 1.71. The number of nitrogens with one attached hydrogen (secondary N) is 2. The van der Waals surface area contributed by atoms with Crippen molar-refractivity contribution in [3.05, 3.63) is 34.9 Å². The van der Waals surface area contributed by atoms with Gasteiger partial charge in [-0.05, 0) is 27.0 Å².